The third kappa shape index (κ3) is 4.49. The van der Waals surface area contributed by atoms with Crippen molar-refractivity contribution in [1.29, 1.82) is 0 Å². The Bertz CT molecular complexity index is 685. The summed E-state index contributed by atoms with van der Waals surface area (Å²) < 4.78 is 0. The van der Waals surface area contributed by atoms with Gasteiger partial charge in [0.05, 0.1) is 0 Å². The molecule has 0 fully saturated rings. The Balaban J connectivity index is 1.90. The van der Waals surface area contributed by atoms with Crippen LogP contribution in [0.1, 0.15) is 42.3 Å². The normalized spacial score (nSPS) is 11.3. The van der Waals surface area contributed by atoms with E-state index in [2.05, 4.69) is 26.1 Å². The summed E-state index contributed by atoms with van der Waals surface area (Å²) in [4.78, 5) is 12.1. The van der Waals surface area contributed by atoms with Crippen molar-refractivity contribution in [2.45, 2.75) is 32.6 Å². The second-order valence-corrected chi connectivity index (χ2v) is 6.66. The van der Waals surface area contributed by atoms with E-state index in [1.807, 2.05) is 24.3 Å². The summed E-state index contributed by atoms with van der Waals surface area (Å²) in [6, 6.07) is 12.3. The first-order chi connectivity index (χ1) is 10.8. The van der Waals surface area contributed by atoms with Crippen LogP contribution in [0.4, 0.5) is 0 Å². The zero-order valence-corrected chi connectivity index (χ0v) is 13.8. The van der Waals surface area contributed by atoms with Gasteiger partial charge in [0.2, 0.25) is 0 Å². The molecule has 0 saturated heterocycles. The van der Waals surface area contributed by atoms with E-state index in [9.17, 15) is 15.0 Å². The van der Waals surface area contributed by atoms with E-state index >= 15 is 0 Å². The maximum Gasteiger partial charge on any atom is 0.251 e. The first kappa shape index (κ1) is 16.9. The molecule has 4 nitrogen and oxygen atoms in total. The van der Waals surface area contributed by atoms with Gasteiger partial charge in [-0.25, -0.2) is 0 Å². The number of amides is 1. The predicted octanol–water partition coefficient (Wildman–Crippen LogP) is 3.37. The summed E-state index contributed by atoms with van der Waals surface area (Å²) in [5.74, 6) is -0.406. The molecule has 0 aliphatic carbocycles. The van der Waals surface area contributed by atoms with Crippen LogP contribution in [-0.4, -0.2) is 22.7 Å². The molecule has 3 N–H and O–H groups in total. The number of hydrogen-bond acceptors (Lipinski definition) is 3. The molecular weight excluding hydrogens is 290 g/mol. The second kappa shape index (κ2) is 6.73. The first-order valence-corrected chi connectivity index (χ1v) is 7.67. The number of carbonyl (C=O) groups is 1. The molecule has 2 aromatic carbocycles. The number of phenols is 2. The Kier molecular flexibility index (Phi) is 4.94. The number of phenolic OH excluding ortho intramolecular Hbond substituents is 2. The van der Waals surface area contributed by atoms with Gasteiger partial charge in [0.25, 0.3) is 5.91 Å². The SMILES string of the molecule is CC(C)(C)c1ccc(C(=O)NCCc2ccc(O)c(O)c2)cc1. The van der Waals surface area contributed by atoms with Gasteiger partial charge < -0.3 is 15.5 Å². The van der Waals surface area contributed by atoms with Gasteiger partial charge in [0.1, 0.15) is 0 Å². The van der Waals surface area contributed by atoms with Crippen LogP contribution in [-0.2, 0) is 11.8 Å². The molecule has 0 radical (unpaired) electrons. The van der Waals surface area contributed by atoms with E-state index in [1.54, 1.807) is 6.07 Å². The van der Waals surface area contributed by atoms with Crippen molar-refractivity contribution in [1.82, 2.24) is 5.32 Å². The van der Waals surface area contributed by atoms with Crippen molar-refractivity contribution in [2.75, 3.05) is 6.54 Å². The van der Waals surface area contributed by atoms with Gasteiger partial charge in [-0.3, -0.25) is 4.79 Å². The summed E-state index contributed by atoms with van der Waals surface area (Å²) in [5, 5.41) is 21.6. The summed E-state index contributed by atoms with van der Waals surface area (Å²) >= 11 is 0. The topological polar surface area (TPSA) is 69.6 Å². The summed E-state index contributed by atoms with van der Waals surface area (Å²) in [7, 11) is 0. The van der Waals surface area contributed by atoms with Crippen LogP contribution in [0.2, 0.25) is 0 Å². The van der Waals surface area contributed by atoms with Gasteiger partial charge in [-0.1, -0.05) is 39.0 Å². The van der Waals surface area contributed by atoms with Gasteiger partial charge in [-0.05, 0) is 47.2 Å². The van der Waals surface area contributed by atoms with Crippen LogP contribution in [0.25, 0.3) is 0 Å². The molecule has 0 heterocycles. The predicted molar refractivity (Wildman–Crippen MR) is 91.0 cm³/mol. The highest BCUT2D eigenvalue weighted by Gasteiger charge is 2.14. The van der Waals surface area contributed by atoms with Crippen molar-refractivity contribution >= 4 is 5.91 Å². The third-order valence-electron chi connectivity index (χ3n) is 3.75. The minimum absolute atomic E-state index is 0.0654. The van der Waals surface area contributed by atoms with Crippen molar-refractivity contribution < 1.29 is 15.0 Å². The quantitative estimate of drug-likeness (QED) is 0.758. The van der Waals surface area contributed by atoms with E-state index in [-0.39, 0.29) is 22.8 Å². The van der Waals surface area contributed by atoms with Crippen LogP contribution in [0.5, 0.6) is 11.5 Å². The largest absolute Gasteiger partial charge is 0.504 e. The summed E-state index contributed by atoms with van der Waals surface area (Å²) in [5.41, 5.74) is 2.74. The molecule has 0 unspecified atom stereocenters. The minimum atomic E-state index is -0.147. The summed E-state index contributed by atoms with van der Waals surface area (Å²) in [6.07, 6.45) is 0.583. The molecule has 4 heteroatoms. The first-order valence-electron chi connectivity index (χ1n) is 7.67. The lowest BCUT2D eigenvalue weighted by Crippen LogP contribution is -2.25. The van der Waals surface area contributed by atoms with E-state index in [1.165, 1.54) is 17.7 Å². The Morgan fingerprint density at radius 3 is 2.22 bits per heavy atom. The fourth-order valence-electron chi connectivity index (χ4n) is 2.27. The molecule has 0 aliphatic rings. The van der Waals surface area contributed by atoms with Gasteiger partial charge in [-0.2, -0.15) is 0 Å². The van der Waals surface area contributed by atoms with E-state index < -0.39 is 0 Å². The fraction of sp³-hybridized carbons (Fsp3) is 0.316. The van der Waals surface area contributed by atoms with Gasteiger partial charge in [0, 0.05) is 12.1 Å². The number of nitrogens with one attached hydrogen (secondary N) is 1. The highest BCUT2D eigenvalue weighted by molar-refractivity contribution is 5.94. The molecule has 0 aliphatic heterocycles. The molecule has 1 amide bonds. The van der Waals surface area contributed by atoms with Crippen LogP contribution in [0.3, 0.4) is 0 Å². The Morgan fingerprint density at radius 2 is 1.65 bits per heavy atom. The smallest absolute Gasteiger partial charge is 0.251 e. The van der Waals surface area contributed by atoms with Crippen molar-refractivity contribution in [3.63, 3.8) is 0 Å². The van der Waals surface area contributed by atoms with Crippen molar-refractivity contribution in [2.24, 2.45) is 0 Å². The van der Waals surface area contributed by atoms with Crippen molar-refractivity contribution in [3.05, 3.63) is 59.2 Å². The highest BCUT2D eigenvalue weighted by atomic mass is 16.3. The fourth-order valence-corrected chi connectivity index (χ4v) is 2.27. The Labute approximate surface area is 136 Å². The average Bonchev–Trinajstić information content (AvgIpc) is 2.50. The monoisotopic (exact) mass is 313 g/mol. The summed E-state index contributed by atoms with van der Waals surface area (Å²) in [6.45, 7) is 6.86. The maximum atomic E-state index is 12.1. The van der Waals surface area contributed by atoms with Crippen LogP contribution in [0.15, 0.2) is 42.5 Å². The Morgan fingerprint density at radius 1 is 1.00 bits per heavy atom. The van der Waals surface area contributed by atoms with Gasteiger partial charge in [0.15, 0.2) is 11.5 Å². The van der Waals surface area contributed by atoms with Crippen LogP contribution in [0, 0.1) is 0 Å². The highest BCUT2D eigenvalue weighted by Crippen LogP contribution is 2.25. The molecule has 0 saturated carbocycles. The number of carbonyl (C=O) groups excluding carboxylic acids is 1. The zero-order valence-electron chi connectivity index (χ0n) is 13.8. The molecule has 0 aromatic heterocycles. The molecule has 2 rings (SSSR count). The molecule has 0 spiro atoms. The standard InChI is InChI=1S/C19H23NO3/c1-19(2,3)15-7-5-14(6-8-15)18(23)20-11-10-13-4-9-16(21)17(22)12-13/h4-9,12,21-22H,10-11H2,1-3H3,(H,20,23). The average molecular weight is 313 g/mol. The molecule has 122 valence electrons. The molecule has 23 heavy (non-hydrogen) atoms. The van der Waals surface area contributed by atoms with Crippen LogP contribution < -0.4 is 5.32 Å². The molecule has 0 bridgehead atoms. The van der Waals surface area contributed by atoms with Gasteiger partial charge >= 0.3 is 0 Å². The molecule has 2 aromatic rings. The lowest BCUT2D eigenvalue weighted by molar-refractivity contribution is 0.0954. The Hall–Kier alpha value is -2.49. The van der Waals surface area contributed by atoms with E-state index in [4.69, 9.17) is 0 Å². The van der Waals surface area contributed by atoms with E-state index in [0.29, 0.717) is 18.5 Å². The third-order valence-corrected chi connectivity index (χ3v) is 3.75. The minimum Gasteiger partial charge on any atom is -0.504 e. The molecular formula is C19H23NO3. The van der Waals surface area contributed by atoms with Crippen molar-refractivity contribution in [3.8, 4) is 11.5 Å². The lowest BCUT2D eigenvalue weighted by atomic mass is 9.87. The number of rotatable bonds is 4. The van der Waals surface area contributed by atoms with Gasteiger partial charge in [-0.15, -0.1) is 0 Å². The number of hydrogen-bond donors (Lipinski definition) is 3. The lowest BCUT2D eigenvalue weighted by Gasteiger charge is -2.19. The number of benzene rings is 2. The number of aromatic hydroxyl groups is 2. The van der Waals surface area contributed by atoms with E-state index in [0.717, 1.165) is 5.56 Å². The zero-order chi connectivity index (χ0) is 17.0. The van der Waals surface area contributed by atoms with Crippen LogP contribution >= 0.6 is 0 Å². The molecule has 0 atom stereocenters. The maximum absolute atomic E-state index is 12.1. The second-order valence-electron chi connectivity index (χ2n) is 6.66.